The first kappa shape index (κ1) is 28.1. The molecule has 1 aromatic heterocycles. The van der Waals surface area contributed by atoms with Gasteiger partial charge in [0, 0.05) is 46.0 Å². The van der Waals surface area contributed by atoms with Crippen molar-refractivity contribution in [2.24, 2.45) is 5.92 Å². The van der Waals surface area contributed by atoms with Crippen molar-refractivity contribution in [2.45, 2.75) is 63.8 Å². The largest absolute Gasteiger partial charge is 0.397 e. The number of ketones is 1. The summed E-state index contributed by atoms with van der Waals surface area (Å²) >= 11 is 6.82. The third-order valence-corrected chi connectivity index (χ3v) is 9.49. The normalized spacial score (nSPS) is 17.5. The molecule has 2 fully saturated rings. The van der Waals surface area contributed by atoms with Gasteiger partial charge in [0.25, 0.3) is 0 Å². The summed E-state index contributed by atoms with van der Waals surface area (Å²) in [5.74, 6) is 0.0228. The fourth-order valence-corrected chi connectivity index (χ4v) is 7.14. The molecule has 3 aromatic rings. The lowest BCUT2D eigenvalue weighted by Crippen LogP contribution is -2.41. The molecule has 1 aliphatic carbocycles. The molecule has 8 nitrogen and oxygen atoms in total. The third-order valence-electron chi connectivity index (χ3n) is 8.18. The molecule has 1 amide bonds. The second kappa shape index (κ2) is 12.4. The molecule has 1 saturated carbocycles. The average molecular weight is 661 g/mol. The van der Waals surface area contributed by atoms with Gasteiger partial charge < -0.3 is 10.6 Å². The average Bonchev–Trinajstić information content (AvgIpc) is 3.23. The number of hydrogen-bond donors (Lipinski definition) is 2. The van der Waals surface area contributed by atoms with E-state index >= 15 is 0 Å². The Bertz CT molecular complexity index is 1400. The molecule has 1 saturated heterocycles. The lowest BCUT2D eigenvalue weighted by atomic mass is 9.89. The van der Waals surface area contributed by atoms with Crippen molar-refractivity contribution < 1.29 is 9.59 Å². The highest BCUT2D eigenvalue weighted by Gasteiger charge is 2.27. The van der Waals surface area contributed by atoms with Crippen molar-refractivity contribution in [3.05, 3.63) is 61.4 Å². The van der Waals surface area contributed by atoms with Gasteiger partial charge in [-0.05, 0) is 94.8 Å². The van der Waals surface area contributed by atoms with Crippen LogP contribution in [0.15, 0.2) is 50.1 Å². The van der Waals surface area contributed by atoms with E-state index in [-0.39, 0.29) is 29.3 Å². The maximum Gasteiger partial charge on any atom is 0.348 e. The Morgan fingerprint density at radius 1 is 0.949 bits per heavy atom. The molecule has 0 atom stereocenters. The van der Waals surface area contributed by atoms with E-state index < -0.39 is 0 Å². The van der Waals surface area contributed by atoms with E-state index in [1.807, 2.05) is 28.8 Å². The summed E-state index contributed by atoms with van der Waals surface area (Å²) < 4.78 is 4.76. The van der Waals surface area contributed by atoms with E-state index in [4.69, 9.17) is 5.73 Å². The fraction of sp³-hybridized carbons (Fsp3) is 0.483. The van der Waals surface area contributed by atoms with E-state index in [0.717, 1.165) is 75.6 Å². The van der Waals surface area contributed by atoms with Crippen LogP contribution in [0.4, 0.5) is 5.69 Å². The number of nitrogen functional groups attached to an aromatic ring is 1. The molecule has 208 valence electrons. The van der Waals surface area contributed by atoms with Gasteiger partial charge in [-0.2, -0.15) is 0 Å². The monoisotopic (exact) mass is 659 g/mol. The maximum absolute atomic E-state index is 13.6. The number of nitrogens with zero attached hydrogens (tertiary/aromatic N) is 3. The Morgan fingerprint density at radius 2 is 1.59 bits per heavy atom. The number of halogens is 2. The standard InChI is InChI=1S/C29H35Br2N5O3/c30-22-17-20(18-23(31)27(22)32)26(37)11-6-14-34-15-12-21(13-16-34)35-24-9-4-5-10-25(24)36(29(35)39)33-28(38)19-7-2-1-3-8-19/h4-5,9-10,17-19,21H,1-3,6-8,11-16,32H2,(H,33,38). The highest BCUT2D eigenvalue weighted by Crippen LogP contribution is 2.31. The first-order chi connectivity index (χ1) is 18.8. The topological polar surface area (TPSA) is 102 Å². The van der Waals surface area contributed by atoms with Crippen LogP contribution in [-0.4, -0.2) is 45.5 Å². The molecular weight excluding hydrogens is 626 g/mol. The number of imidazole rings is 1. The molecule has 10 heteroatoms. The van der Waals surface area contributed by atoms with Gasteiger partial charge in [-0.1, -0.05) is 31.4 Å². The third kappa shape index (κ3) is 6.18. The number of para-hydroxylation sites is 2. The molecule has 2 aliphatic rings. The van der Waals surface area contributed by atoms with E-state index in [1.165, 1.54) is 11.1 Å². The number of Topliss-reactive ketones (excluding diaryl/α,β-unsaturated/α-hetero) is 1. The minimum atomic E-state index is -0.176. The predicted molar refractivity (Wildman–Crippen MR) is 162 cm³/mol. The molecule has 39 heavy (non-hydrogen) atoms. The number of amides is 1. The zero-order chi connectivity index (χ0) is 27.5. The molecule has 2 heterocycles. The number of hydrogen-bond acceptors (Lipinski definition) is 5. The second-order valence-corrected chi connectivity index (χ2v) is 12.4. The predicted octanol–water partition coefficient (Wildman–Crippen LogP) is 5.86. The Kier molecular flexibility index (Phi) is 8.93. The summed E-state index contributed by atoms with van der Waals surface area (Å²) in [5.41, 5.74) is 11.5. The van der Waals surface area contributed by atoms with Gasteiger partial charge in [-0.15, -0.1) is 0 Å². The lowest BCUT2D eigenvalue weighted by molar-refractivity contribution is -0.121. The van der Waals surface area contributed by atoms with Crippen LogP contribution >= 0.6 is 31.9 Å². The van der Waals surface area contributed by atoms with Crippen LogP contribution in [0.2, 0.25) is 0 Å². The summed E-state index contributed by atoms with van der Waals surface area (Å²) in [6.07, 6.45) is 8.02. The summed E-state index contributed by atoms with van der Waals surface area (Å²) in [4.78, 5) is 41.6. The molecule has 0 spiro atoms. The first-order valence-corrected chi connectivity index (χ1v) is 15.4. The van der Waals surface area contributed by atoms with Gasteiger partial charge in [0.05, 0.1) is 16.7 Å². The van der Waals surface area contributed by atoms with Crippen LogP contribution in [0.3, 0.4) is 0 Å². The number of carbonyl (C=O) groups excluding carboxylic acids is 2. The molecular formula is C29H35Br2N5O3. The highest BCUT2D eigenvalue weighted by atomic mass is 79.9. The quantitative estimate of drug-likeness (QED) is 0.233. The number of nitrogens with two attached hydrogens (primary N) is 1. The Labute approximate surface area is 245 Å². The number of benzene rings is 2. The van der Waals surface area contributed by atoms with E-state index in [0.29, 0.717) is 26.6 Å². The zero-order valence-electron chi connectivity index (χ0n) is 22.0. The summed E-state index contributed by atoms with van der Waals surface area (Å²) in [6, 6.07) is 11.3. The lowest BCUT2D eigenvalue weighted by Gasteiger charge is -2.32. The summed E-state index contributed by atoms with van der Waals surface area (Å²) in [5, 5.41) is 0. The Morgan fingerprint density at radius 3 is 2.26 bits per heavy atom. The van der Waals surface area contributed by atoms with Crippen LogP contribution in [-0.2, 0) is 4.79 Å². The minimum Gasteiger partial charge on any atom is -0.397 e. The van der Waals surface area contributed by atoms with E-state index in [9.17, 15) is 14.4 Å². The van der Waals surface area contributed by atoms with Gasteiger partial charge in [-0.25, -0.2) is 9.47 Å². The van der Waals surface area contributed by atoms with Crippen LogP contribution in [0.25, 0.3) is 11.0 Å². The fourth-order valence-electron chi connectivity index (χ4n) is 5.95. The number of nitrogens with one attached hydrogen (secondary N) is 1. The first-order valence-electron chi connectivity index (χ1n) is 13.9. The number of likely N-dealkylation sites (tertiary alicyclic amines) is 1. The number of fused-ring (bicyclic) bond motifs is 1. The van der Waals surface area contributed by atoms with Gasteiger partial charge in [-0.3, -0.25) is 19.6 Å². The van der Waals surface area contributed by atoms with Crippen molar-refractivity contribution in [3.8, 4) is 0 Å². The van der Waals surface area contributed by atoms with Crippen molar-refractivity contribution >= 4 is 60.3 Å². The smallest absolute Gasteiger partial charge is 0.348 e. The number of aromatic nitrogens is 2. The molecule has 0 bridgehead atoms. The number of rotatable bonds is 8. The van der Waals surface area contributed by atoms with Crippen molar-refractivity contribution in [1.29, 1.82) is 0 Å². The van der Waals surface area contributed by atoms with Crippen molar-refractivity contribution in [1.82, 2.24) is 14.1 Å². The van der Waals surface area contributed by atoms with Crippen LogP contribution in [0, 0.1) is 5.92 Å². The van der Waals surface area contributed by atoms with Crippen LogP contribution < -0.4 is 16.8 Å². The number of carbonyl (C=O) groups is 2. The molecule has 1 aliphatic heterocycles. The number of anilines is 1. The van der Waals surface area contributed by atoms with Gasteiger partial charge >= 0.3 is 5.69 Å². The van der Waals surface area contributed by atoms with Crippen LogP contribution in [0.5, 0.6) is 0 Å². The maximum atomic E-state index is 13.6. The Hall–Kier alpha value is -2.43. The SMILES string of the molecule is Nc1c(Br)cc(C(=O)CCCN2CCC(n3c(=O)n(NC(=O)C4CCCCC4)c4ccccc43)CC2)cc1Br. The second-order valence-electron chi connectivity index (χ2n) is 10.7. The molecule has 2 aromatic carbocycles. The summed E-state index contributed by atoms with van der Waals surface area (Å²) in [6.45, 7) is 2.56. The molecule has 0 unspecified atom stereocenters. The summed E-state index contributed by atoms with van der Waals surface area (Å²) in [7, 11) is 0. The molecule has 0 radical (unpaired) electrons. The molecule has 3 N–H and O–H groups in total. The van der Waals surface area contributed by atoms with Gasteiger partial charge in [0.15, 0.2) is 5.78 Å². The van der Waals surface area contributed by atoms with Gasteiger partial charge in [0.1, 0.15) is 0 Å². The van der Waals surface area contributed by atoms with E-state index in [2.05, 4.69) is 42.2 Å². The Balaban J connectivity index is 1.20. The van der Waals surface area contributed by atoms with Crippen molar-refractivity contribution in [2.75, 3.05) is 30.8 Å². The van der Waals surface area contributed by atoms with E-state index in [1.54, 1.807) is 12.1 Å². The number of piperidine rings is 1. The zero-order valence-corrected chi connectivity index (χ0v) is 25.2. The molecule has 5 rings (SSSR count). The van der Waals surface area contributed by atoms with Crippen molar-refractivity contribution in [3.63, 3.8) is 0 Å². The van der Waals surface area contributed by atoms with Crippen LogP contribution in [0.1, 0.15) is 74.2 Å². The van der Waals surface area contributed by atoms with Gasteiger partial charge in [0.2, 0.25) is 5.91 Å². The highest BCUT2D eigenvalue weighted by molar-refractivity contribution is 9.11. The minimum absolute atomic E-state index is 0.0223.